The number of aryl methyl sites for hydroxylation is 2. The van der Waals surface area contributed by atoms with E-state index in [2.05, 4.69) is 59.2 Å². The molecule has 0 radical (unpaired) electrons. The maximum Gasteiger partial charge on any atom is 0.260 e. The highest BCUT2D eigenvalue weighted by atomic mass is 16.5. The topological polar surface area (TPSA) is 148 Å². The zero-order valence-corrected chi connectivity index (χ0v) is 44.1. The van der Waals surface area contributed by atoms with Crippen LogP contribution in [0.4, 0.5) is 11.4 Å². The van der Waals surface area contributed by atoms with Crippen molar-refractivity contribution in [1.82, 2.24) is 15.1 Å². The van der Waals surface area contributed by atoms with Crippen LogP contribution < -0.4 is 24.8 Å². The van der Waals surface area contributed by atoms with Gasteiger partial charge < -0.3 is 34.1 Å². The molecule has 0 aromatic heterocycles. The van der Waals surface area contributed by atoms with Crippen molar-refractivity contribution in [1.29, 1.82) is 0 Å². The summed E-state index contributed by atoms with van der Waals surface area (Å²) in [7, 11) is 1.57. The number of nitrogens with zero attached hydrogens (tertiary/aromatic N) is 3. The fourth-order valence-corrected chi connectivity index (χ4v) is 11.7. The Bertz CT molecular complexity index is 3130. The number of aliphatic imine (C=N–C) groups is 1. The molecule has 0 spiro atoms. The van der Waals surface area contributed by atoms with Crippen LogP contribution in [-0.2, 0) is 20.7 Å². The van der Waals surface area contributed by atoms with Crippen LogP contribution in [-0.4, -0.2) is 91.3 Å². The highest BCUT2D eigenvalue weighted by molar-refractivity contribution is 6.04. The number of Topliss-reactive ketones (excluding diaryl/α,β-unsaturated/α-hetero) is 1. The van der Waals surface area contributed by atoms with E-state index in [4.69, 9.17) is 23.9 Å². The van der Waals surface area contributed by atoms with Gasteiger partial charge in [0.15, 0.2) is 17.3 Å². The summed E-state index contributed by atoms with van der Waals surface area (Å²) in [6.45, 7) is 9.26. The third kappa shape index (κ3) is 10.3. The molecule has 4 heterocycles. The zero-order valence-electron chi connectivity index (χ0n) is 44.1. The van der Waals surface area contributed by atoms with Crippen molar-refractivity contribution >= 4 is 46.7 Å². The molecule has 0 saturated heterocycles. The number of fused-ring (bicyclic) bond motifs is 7. The second-order valence-corrected chi connectivity index (χ2v) is 21.7. The van der Waals surface area contributed by atoms with Crippen LogP contribution >= 0.6 is 0 Å². The molecule has 6 aliphatic rings. The van der Waals surface area contributed by atoms with Crippen molar-refractivity contribution in [3.63, 3.8) is 0 Å². The average Bonchev–Trinajstić information content (AvgIpc) is 4.00. The number of hydrogen-bond acceptors (Lipinski definition) is 10. The van der Waals surface area contributed by atoms with E-state index in [0.717, 1.165) is 53.7 Å². The highest BCUT2D eigenvalue weighted by Crippen LogP contribution is 2.46. The fourth-order valence-electron chi connectivity index (χ4n) is 11.7. The van der Waals surface area contributed by atoms with E-state index in [0.29, 0.717) is 66.2 Å². The molecule has 0 bridgehead atoms. The number of ether oxygens (including phenoxy) is 4. The summed E-state index contributed by atoms with van der Waals surface area (Å²) in [6.07, 6.45) is 12.1. The van der Waals surface area contributed by atoms with Crippen LogP contribution in [0.2, 0.25) is 0 Å². The van der Waals surface area contributed by atoms with E-state index in [-0.39, 0.29) is 60.6 Å². The summed E-state index contributed by atoms with van der Waals surface area (Å²) in [5, 5.41) is 6.34. The minimum atomic E-state index is -0.538. The molecule has 5 aromatic rings. The van der Waals surface area contributed by atoms with Gasteiger partial charge in [-0.3, -0.25) is 29.5 Å². The van der Waals surface area contributed by atoms with Crippen molar-refractivity contribution in [2.75, 3.05) is 39.0 Å². The van der Waals surface area contributed by atoms with Gasteiger partial charge in [0.05, 0.1) is 57.0 Å². The summed E-state index contributed by atoms with van der Waals surface area (Å²) >= 11 is 0. The summed E-state index contributed by atoms with van der Waals surface area (Å²) in [6, 6.07) is 31.6. The van der Waals surface area contributed by atoms with Gasteiger partial charge in [-0.05, 0) is 138 Å². The van der Waals surface area contributed by atoms with Crippen molar-refractivity contribution in [2.24, 2.45) is 22.7 Å². The lowest BCUT2D eigenvalue weighted by Crippen LogP contribution is -2.43. The molecule has 1 fully saturated rings. The molecule has 5 aromatic carbocycles. The number of amides is 3. The SMILES string of the molecule is COc1cc2c(cc1OCCCOc1cc3c(cc1C)C(=O)N1C=C(c4ccc(NC(=O)[C@H](C)CC(=O)[C@@H](NCOCC5c6ccccc6-c6ccccc65)C(C)C)cc4)C[C@H]1CC3)N=C[C@@H]1CC(C3CC3)=CN1C2=O. The lowest BCUT2D eigenvalue weighted by molar-refractivity contribution is -0.128. The Labute approximate surface area is 445 Å². The Morgan fingerprint density at radius 2 is 1.47 bits per heavy atom. The number of rotatable bonds is 20. The Morgan fingerprint density at radius 1 is 0.763 bits per heavy atom. The third-order valence-electron chi connectivity index (χ3n) is 16.0. The summed E-state index contributed by atoms with van der Waals surface area (Å²) in [4.78, 5) is 63.2. The third-order valence-corrected chi connectivity index (χ3v) is 16.0. The van der Waals surface area contributed by atoms with Crippen LogP contribution in [0, 0.1) is 24.7 Å². The standard InChI is InChI=1S/C63H67N5O8/c1-37(2)60(65-36-74-35-54-50-13-8-6-11-48(50)49-12-7-9-14-51(49)54)56(69)26-39(4)61(70)66-45-20-17-41(18-21-45)43-27-46-22-19-42-29-57(38(3)25-52(42)62(71)67(46)33-43)75-23-10-24-76-59-31-55-53(30-58(59)73-5)63(72)68-34-44(40-15-16-40)28-47(68)32-64-55/h6-9,11-14,17-18,20-21,25,29-34,37,39-40,46-47,54,60,65H,10,15-16,19,22-24,26-28,35-36H2,1-5H3,(H,66,70)/t39-,46-,47+,60+/m1/s1. The minimum absolute atomic E-state index is 0.0133. The highest BCUT2D eigenvalue weighted by Gasteiger charge is 2.39. The van der Waals surface area contributed by atoms with Gasteiger partial charge in [0.1, 0.15) is 5.75 Å². The largest absolute Gasteiger partial charge is 0.493 e. The van der Waals surface area contributed by atoms with Crippen LogP contribution in [0.25, 0.3) is 16.7 Å². The zero-order chi connectivity index (χ0) is 52.6. The van der Waals surface area contributed by atoms with Crippen molar-refractivity contribution in [2.45, 2.75) is 103 Å². The molecule has 76 heavy (non-hydrogen) atoms. The van der Waals surface area contributed by atoms with Crippen molar-refractivity contribution in [3.8, 4) is 28.4 Å². The molecule has 2 aliphatic carbocycles. The molecule has 2 N–H and O–H groups in total. The molecular weight excluding hydrogens is 955 g/mol. The maximum atomic E-state index is 14.1. The van der Waals surface area contributed by atoms with Crippen molar-refractivity contribution < 1.29 is 38.1 Å². The number of benzene rings is 5. The Kier molecular flexibility index (Phi) is 14.5. The number of carbonyl (C=O) groups excluding carboxylic acids is 4. The molecular formula is C63H67N5O8. The van der Waals surface area contributed by atoms with Gasteiger partial charge >= 0.3 is 0 Å². The van der Waals surface area contributed by atoms with Gasteiger partial charge in [0, 0.05) is 66.7 Å². The monoisotopic (exact) mass is 1020 g/mol. The van der Waals surface area contributed by atoms with Crippen LogP contribution in [0.5, 0.6) is 17.2 Å². The first-order chi connectivity index (χ1) is 36.9. The van der Waals surface area contributed by atoms with Gasteiger partial charge in [-0.15, -0.1) is 0 Å². The number of methoxy groups -OCH3 is 1. The van der Waals surface area contributed by atoms with Gasteiger partial charge in [0.25, 0.3) is 11.8 Å². The molecule has 4 aliphatic heterocycles. The van der Waals surface area contributed by atoms with E-state index >= 15 is 0 Å². The molecule has 1 saturated carbocycles. The maximum absolute atomic E-state index is 14.1. The molecule has 13 heteroatoms. The predicted molar refractivity (Wildman–Crippen MR) is 294 cm³/mol. The van der Waals surface area contributed by atoms with Crippen LogP contribution in [0.3, 0.4) is 0 Å². The second kappa shape index (κ2) is 21.7. The van der Waals surface area contributed by atoms with Crippen LogP contribution in [0.15, 0.2) is 120 Å². The Hall–Kier alpha value is -7.35. The number of anilines is 1. The van der Waals surface area contributed by atoms with E-state index in [1.807, 2.05) is 85.6 Å². The smallest absolute Gasteiger partial charge is 0.260 e. The summed E-state index contributed by atoms with van der Waals surface area (Å²) in [5.74, 6) is 1.63. The van der Waals surface area contributed by atoms with E-state index in [1.54, 1.807) is 26.2 Å². The number of hydrogen-bond donors (Lipinski definition) is 2. The van der Waals surface area contributed by atoms with Gasteiger partial charge in [-0.2, -0.15) is 0 Å². The van der Waals surface area contributed by atoms with E-state index in [1.165, 1.54) is 40.7 Å². The lowest BCUT2D eigenvalue weighted by Gasteiger charge is -2.23. The first kappa shape index (κ1) is 50.8. The first-order valence-electron chi connectivity index (χ1n) is 27.1. The Balaban J connectivity index is 0.641. The number of ketones is 1. The molecule has 0 unspecified atom stereocenters. The lowest BCUT2D eigenvalue weighted by atomic mass is 9.93. The van der Waals surface area contributed by atoms with Gasteiger partial charge in [0.2, 0.25) is 5.91 Å². The first-order valence-corrected chi connectivity index (χ1v) is 27.1. The van der Waals surface area contributed by atoms with Crippen molar-refractivity contribution in [3.05, 3.63) is 154 Å². The number of carbonyl (C=O) groups is 4. The van der Waals surface area contributed by atoms with E-state index < -0.39 is 12.0 Å². The summed E-state index contributed by atoms with van der Waals surface area (Å²) < 4.78 is 24.3. The van der Waals surface area contributed by atoms with Gasteiger partial charge in [-0.25, -0.2) is 0 Å². The summed E-state index contributed by atoms with van der Waals surface area (Å²) in [5.41, 5.74) is 12.7. The minimum Gasteiger partial charge on any atom is -0.493 e. The molecule has 4 atom stereocenters. The normalized spacial score (nSPS) is 19.1. The molecule has 13 nitrogen and oxygen atoms in total. The van der Waals surface area contributed by atoms with E-state index in [9.17, 15) is 19.2 Å². The second-order valence-electron chi connectivity index (χ2n) is 21.7. The molecule has 392 valence electrons. The number of nitrogens with one attached hydrogen (secondary N) is 2. The molecule has 3 amide bonds. The average molecular weight is 1020 g/mol. The van der Waals surface area contributed by atoms with Crippen LogP contribution in [0.1, 0.15) is 120 Å². The predicted octanol–water partition coefficient (Wildman–Crippen LogP) is 11.2. The van der Waals surface area contributed by atoms with Gasteiger partial charge in [-0.1, -0.05) is 81.4 Å². The quantitative estimate of drug-likeness (QED) is 0.0574. The Morgan fingerprint density at radius 3 is 2.18 bits per heavy atom. The fraction of sp³-hybridized carbons (Fsp3) is 0.381. The molecule has 11 rings (SSSR count).